The average Bonchev–Trinajstić information content (AvgIpc) is 2.24. The van der Waals surface area contributed by atoms with Crippen LogP contribution in [0.25, 0.3) is 0 Å². The second-order valence-corrected chi connectivity index (χ2v) is 6.05. The summed E-state index contributed by atoms with van der Waals surface area (Å²) in [6.45, 7) is 1.57. The molecule has 0 saturated carbocycles. The topological polar surface area (TPSA) is 79.4 Å². The first-order valence-corrected chi connectivity index (χ1v) is 7.15. The van der Waals surface area contributed by atoms with Gasteiger partial charge in [0, 0.05) is 23.1 Å². The number of pyridine rings is 1. The summed E-state index contributed by atoms with van der Waals surface area (Å²) in [5.41, 5.74) is 7.20. The molecule has 1 aromatic heterocycles. The van der Waals surface area contributed by atoms with E-state index in [1.165, 1.54) is 21.6 Å². The van der Waals surface area contributed by atoms with Gasteiger partial charge >= 0.3 is 0 Å². The molecular formula is C9H12N2O2S3. The Morgan fingerprint density at radius 2 is 2.31 bits per heavy atom. The van der Waals surface area contributed by atoms with Crippen LogP contribution in [0, 0.1) is 6.92 Å². The monoisotopic (exact) mass is 276 g/mol. The molecule has 4 N–H and O–H groups in total. The van der Waals surface area contributed by atoms with Gasteiger partial charge in [-0.05, 0) is 17.7 Å². The van der Waals surface area contributed by atoms with Crippen LogP contribution in [0.1, 0.15) is 16.8 Å². The molecule has 7 heteroatoms. The van der Waals surface area contributed by atoms with Gasteiger partial charge in [-0.25, -0.2) is 0 Å². The highest BCUT2D eigenvalue weighted by Crippen LogP contribution is 2.32. The van der Waals surface area contributed by atoms with E-state index in [9.17, 15) is 5.11 Å². The first-order chi connectivity index (χ1) is 7.56. The normalized spacial score (nSPS) is 10.4. The molecule has 0 aliphatic heterocycles. The second kappa shape index (κ2) is 6.29. The van der Waals surface area contributed by atoms with Gasteiger partial charge in [0.05, 0.1) is 12.3 Å². The Morgan fingerprint density at radius 1 is 1.62 bits per heavy atom. The number of nitrogens with two attached hydrogens (primary N) is 1. The number of aromatic nitrogens is 1. The lowest BCUT2D eigenvalue weighted by Gasteiger charge is -2.10. The third-order valence-electron chi connectivity index (χ3n) is 1.94. The molecule has 0 aliphatic rings. The van der Waals surface area contributed by atoms with Gasteiger partial charge in [-0.2, -0.15) is 0 Å². The molecule has 0 unspecified atom stereocenters. The maximum Gasteiger partial charge on any atom is 0.141 e. The molecule has 0 atom stereocenters. The van der Waals surface area contributed by atoms with Crippen LogP contribution in [-0.4, -0.2) is 19.5 Å². The van der Waals surface area contributed by atoms with Crippen molar-refractivity contribution in [2.45, 2.75) is 19.3 Å². The van der Waals surface area contributed by atoms with E-state index in [-0.39, 0.29) is 12.4 Å². The number of thiocarbonyl (C=S) groups is 1. The van der Waals surface area contributed by atoms with Gasteiger partial charge < -0.3 is 15.9 Å². The van der Waals surface area contributed by atoms with E-state index in [4.69, 9.17) is 23.1 Å². The Bertz CT molecular complexity index is 399. The molecular weight excluding hydrogens is 264 g/mol. The third kappa shape index (κ3) is 3.51. The molecule has 88 valence electrons. The average molecular weight is 276 g/mol. The Hall–Kier alpha value is -0.500. The van der Waals surface area contributed by atoms with E-state index in [1.807, 2.05) is 0 Å². The van der Waals surface area contributed by atoms with Crippen LogP contribution in [-0.2, 0) is 12.4 Å². The lowest BCUT2D eigenvalue weighted by atomic mass is 10.1. The van der Waals surface area contributed by atoms with Crippen molar-refractivity contribution in [1.82, 2.24) is 4.98 Å². The van der Waals surface area contributed by atoms with Gasteiger partial charge in [0.2, 0.25) is 0 Å². The van der Waals surface area contributed by atoms with Gasteiger partial charge in [0.1, 0.15) is 10.1 Å². The highest BCUT2D eigenvalue weighted by atomic mass is 33.1. The van der Waals surface area contributed by atoms with Gasteiger partial charge in [0.15, 0.2) is 0 Å². The van der Waals surface area contributed by atoms with Crippen molar-refractivity contribution in [3.63, 3.8) is 0 Å². The van der Waals surface area contributed by atoms with E-state index < -0.39 is 0 Å². The molecule has 0 saturated heterocycles. The number of rotatable bonds is 4. The van der Waals surface area contributed by atoms with E-state index in [0.29, 0.717) is 26.9 Å². The molecule has 0 aromatic carbocycles. The minimum absolute atomic E-state index is 0.127. The van der Waals surface area contributed by atoms with Crippen molar-refractivity contribution in [2.24, 2.45) is 5.73 Å². The molecule has 0 radical (unpaired) electrons. The lowest BCUT2D eigenvalue weighted by molar-refractivity contribution is 0.279. The number of hydrogen-bond donors (Lipinski definition) is 3. The van der Waals surface area contributed by atoms with E-state index in [2.05, 4.69) is 4.98 Å². The highest BCUT2D eigenvalue weighted by molar-refractivity contribution is 8.83. The van der Waals surface area contributed by atoms with Crippen molar-refractivity contribution in [3.8, 4) is 5.75 Å². The summed E-state index contributed by atoms with van der Waals surface area (Å²) in [6.07, 6.45) is 1.57. The molecule has 0 bridgehead atoms. The number of aromatic hydroxyl groups is 1. The molecule has 0 amide bonds. The van der Waals surface area contributed by atoms with E-state index in [0.717, 1.165) is 0 Å². The molecule has 4 nitrogen and oxygen atoms in total. The van der Waals surface area contributed by atoms with Crippen LogP contribution in [0.15, 0.2) is 6.20 Å². The van der Waals surface area contributed by atoms with Gasteiger partial charge in [0.25, 0.3) is 0 Å². The Labute approximate surface area is 107 Å². The zero-order chi connectivity index (χ0) is 12.1. The number of aliphatic hydroxyl groups excluding tert-OH is 1. The number of aliphatic hydroxyl groups is 1. The van der Waals surface area contributed by atoms with Gasteiger partial charge in [-0.15, -0.1) is 0 Å². The van der Waals surface area contributed by atoms with Gasteiger partial charge in [-0.3, -0.25) is 4.98 Å². The quantitative estimate of drug-likeness (QED) is 0.570. The standard InChI is InChI=1S/C9H12N2O2S3/c1-5-8(13)7(4-15-16-9(10)14)6(3-12)2-11-5/h2,12-13H,3-4H2,1H3,(H2,10,14). The number of hydrogen-bond acceptors (Lipinski definition) is 6. The lowest BCUT2D eigenvalue weighted by Crippen LogP contribution is -2.00. The van der Waals surface area contributed by atoms with Crippen LogP contribution >= 0.6 is 33.8 Å². The van der Waals surface area contributed by atoms with Crippen molar-refractivity contribution >= 4 is 38.1 Å². The molecule has 16 heavy (non-hydrogen) atoms. The molecule has 1 rings (SSSR count). The maximum atomic E-state index is 9.81. The van der Waals surface area contributed by atoms with Crippen LogP contribution < -0.4 is 5.73 Å². The third-order valence-corrected chi connectivity index (χ3v) is 4.45. The molecule has 0 spiro atoms. The van der Waals surface area contributed by atoms with Crippen LogP contribution in [0.5, 0.6) is 5.75 Å². The molecule has 1 heterocycles. The summed E-state index contributed by atoms with van der Waals surface area (Å²) in [5, 5.41) is 18.9. The fraction of sp³-hybridized carbons (Fsp3) is 0.333. The SMILES string of the molecule is Cc1ncc(CO)c(CSSC(N)=S)c1O. The summed E-state index contributed by atoms with van der Waals surface area (Å²) in [7, 11) is 2.69. The predicted molar refractivity (Wildman–Crippen MR) is 72.2 cm³/mol. The molecule has 0 fully saturated rings. The first kappa shape index (κ1) is 13.6. The van der Waals surface area contributed by atoms with Gasteiger partial charge in [-0.1, -0.05) is 23.0 Å². The van der Waals surface area contributed by atoms with Crippen LogP contribution in [0.3, 0.4) is 0 Å². The van der Waals surface area contributed by atoms with E-state index in [1.54, 1.807) is 13.1 Å². The summed E-state index contributed by atoms with van der Waals surface area (Å²) >= 11 is 4.73. The summed E-state index contributed by atoms with van der Waals surface area (Å²) in [5.74, 6) is 0.648. The summed E-state index contributed by atoms with van der Waals surface area (Å²) in [6, 6.07) is 0. The Balaban J connectivity index is 2.83. The zero-order valence-corrected chi connectivity index (χ0v) is 11.1. The van der Waals surface area contributed by atoms with E-state index >= 15 is 0 Å². The minimum atomic E-state index is -0.144. The summed E-state index contributed by atoms with van der Waals surface area (Å²) in [4.78, 5) is 3.98. The Kier molecular flexibility index (Phi) is 5.33. The first-order valence-electron chi connectivity index (χ1n) is 4.42. The minimum Gasteiger partial charge on any atom is -0.506 e. The second-order valence-electron chi connectivity index (χ2n) is 3.02. The highest BCUT2D eigenvalue weighted by Gasteiger charge is 2.11. The van der Waals surface area contributed by atoms with Crippen LogP contribution in [0.2, 0.25) is 0 Å². The maximum absolute atomic E-state index is 9.81. The van der Waals surface area contributed by atoms with Crippen molar-refractivity contribution < 1.29 is 10.2 Å². The number of aryl methyl sites for hydroxylation is 1. The van der Waals surface area contributed by atoms with Crippen molar-refractivity contribution in [1.29, 1.82) is 0 Å². The predicted octanol–water partition coefficient (Wildman–Crippen LogP) is 1.71. The Morgan fingerprint density at radius 3 is 2.88 bits per heavy atom. The number of nitrogens with zero attached hydrogens (tertiary/aromatic N) is 1. The van der Waals surface area contributed by atoms with Crippen molar-refractivity contribution in [2.75, 3.05) is 0 Å². The smallest absolute Gasteiger partial charge is 0.141 e. The summed E-state index contributed by atoms with van der Waals surface area (Å²) < 4.78 is 0.348. The van der Waals surface area contributed by atoms with Crippen molar-refractivity contribution in [3.05, 3.63) is 23.0 Å². The zero-order valence-electron chi connectivity index (χ0n) is 8.64. The fourth-order valence-electron chi connectivity index (χ4n) is 1.13. The molecule has 0 aliphatic carbocycles. The largest absolute Gasteiger partial charge is 0.506 e. The molecule has 1 aromatic rings. The van der Waals surface area contributed by atoms with Crippen LogP contribution in [0.4, 0.5) is 0 Å². The fourth-order valence-corrected chi connectivity index (χ4v) is 3.05.